The molecule has 0 saturated heterocycles. The fourth-order valence-electron chi connectivity index (χ4n) is 4.59. The fraction of sp³-hybridized carbons (Fsp3) is 0.500. The first-order valence-corrected chi connectivity index (χ1v) is 12.8. The van der Waals surface area contributed by atoms with Gasteiger partial charge in [-0.05, 0) is 62.7 Å². The first kappa shape index (κ1) is 27.9. The minimum atomic E-state index is -4.38. The van der Waals surface area contributed by atoms with E-state index in [1.165, 1.54) is 12.1 Å². The second-order valence-electron chi connectivity index (χ2n) is 10.5. The Morgan fingerprint density at radius 2 is 1.89 bits per heavy atom. The lowest BCUT2D eigenvalue weighted by molar-refractivity contribution is -0.137. The van der Waals surface area contributed by atoms with E-state index in [9.17, 15) is 27.9 Å². The van der Waals surface area contributed by atoms with Gasteiger partial charge in [-0.25, -0.2) is 0 Å². The molecule has 4 rings (SSSR count). The number of benzene rings is 2. The normalized spacial score (nSPS) is 20.8. The number of ether oxygens (including phenoxy) is 1. The van der Waals surface area contributed by atoms with Gasteiger partial charge in [-0.2, -0.15) is 13.2 Å². The van der Waals surface area contributed by atoms with Crippen molar-refractivity contribution in [3.05, 3.63) is 59.2 Å². The number of carbonyl (C=O) groups is 2. The van der Waals surface area contributed by atoms with E-state index in [1.807, 2.05) is 18.9 Å². The summed E-state index contributed by atoms with van der Waals surface area (Å²) >= 11 is 0. The van der Waals surface area contributed by atoms with Crippen LogP contribution in [0.25, 0.3) is 0 Å². The number of hydrogen-bond donors (Lipinski definition) is 2. The summed E-state index contributed by atoms with van der Waals surface area (Å²) in [6.07, 6.45) is -3.00. The third-order valence-corrected chi connectivity index (χ3v) is 7.11. The Hall–Kier alpha value is -3.11. The van der Waals surface area contributed by atoms with Gasteiger partial charge in [-0.15, -0.1) is 0 Å². The summed E-state index contributed by atoms with van der Waals surface area (Å²) in [6, 6.07) is 9.68. The lowest BCUT2D eigenvalue weighted by Crippen LogP contribution is -2.49. The van der Waals surface area contributed by atoms with Crippen LogP contribution < -0.4 is 10.1 Å². The molecule has 1 aliphatic carbocycles. The molecule has 206 valence electrons. The van der Waals surface area contributed by atoms with Crippen LogP contribution in [0.4, 0.5) is 18.9 Å². The Labute approximate surface area is 220 Å². The summed E-state index contributed by atoms with van der Waals surface area (Å²) in [5, 5.41) is 12.7. The number of aliphatic hydroxyl groups excluding tert-OH is 1. The summed E-state index contributed by atoms with van der Waals surface area (Å²) in [4.78, 5) is 29.4. The van der Waals surface area contributed by atoms with Crippen molar-refractivity contribution in [2.24, 2.45) is 11.8 Å². The highest BCUT2D eigenvalue weighted by atomic mass is 19.4. The second-order valence-corrected chi connectivity index (χ2v) is 10.5. The van der Waals surface area contributed by atoms with Crippen molar-refractivity contribution in [1.29, 1.82) is 0 Å². The number of hydrogen-bond acceptors (Lipinski definition) is 5. The zero-order chi connectivity index (χ0) is 27.6. The van der Waals surface area contributed by atoms with E-state index in [4.69, 9.17) is 4.74 Å². The Morgan fingerprint density at radius 3 is 2.50 bits per heavy atom. The van der Waals surface area contributed by atoms with Crippen LogP contribution in [0.5, 0.6) is 5.75 Å². The molecule has 2 aliphatic rings. The number of rotatable bonds is 8. The summed E-state index contributed by atoms with van der Waals surface area (Å²) in [5.41, 5.74) is 0.870. The SMILES string of the molecule is C[C@H]1CN([C@@H](C)CO)C(=O)c2cc(NC(=O)C3CC3)ccc2O[C@@H]1CN(C)Cc1ccc(C(F)(F)F)cc1. The molecule has 2 aromatic carbocycles. The van der Waals surface area contributed by atoms with Crippen molar-refractivity contribution >= 4 is 17.5 Å². The van der Waals surface area contributed by atoms with Crippen LogP contribution in [-0.4, -0.2) is 65.6 Å². The zero-order valence-corrected chi connectivity index (χ0v) is 21.8. The van der Waals surface area contributed by atoms with Crippen molar-refractivity contribution in [3.63, 3.8) is 0 Å². The summed E-state index contributed by atoms with van der Waals surface area (Å²) in [6.45, 7) is 4.76. The number of carbonyl (C=O) groups excluding carboxylic acids is 2. The maximum Gasteiger partial charge on any atom is 0.416 e. The molecule has 1 saturated carbocycles. The number of aliphatic hydroxyl groups is 1. The average molecular weight is 534 g/mol. The standard InChI is InChI=1S/C28H34F3N3O4/c1-17-13-34(18(2)16-35)27(37)23-12-22(32-26(36)20-6-7-20)10-11-24(23)38-25(17)15-33(3)14-19-4-8-21(9-5-19)28(29,30)31/h4-5,8-12,17-18,20,25,35H,6-7,13-16H2,1-3H3,(H,32,36)/t17-,18-,25+/m0/s1. The van der Waals surface area contributed by atoms with E-state index in [0.29, 0.717) is 36.6 Å². The van der Waals surface area contributed by atoms with Gasteiger partial charge in [0.2, 0.25) is 5.91 Å². The molecule has 1 fully saturated rings. The molecule has 2 N–H and O–H groups in total. The highest BCUT2D eigenvalue weighted by Crippen LogP contribution is 2.33. The van der Waals surface area contributed by atoms with Crippen molar-refractivity contribution in [1.82, 2.24) is 9.80 Å². The van der Waals surface area contributed by atoms with Gasteiger partial charge in [0.25, 0.3) is 5.91 Å². The minimum absolute atomic E-state index is 0.0142. The summed E-state index contributed by atoms with van der Waals surface area (Å²) < 4.78 is 45.1. The summed E-state index contributed by atoms with van der Waals surface area (Å²) in [7, 11) is 1.86. The maximum atomic E-state index is 13.5. The van der Waals surface area contributed by atoms with Crippen LogP contribution >= 0.6 is 0 Å². The molecular weight excluding hydrogens is 499 g/mol. The number of amides is 2. The molecule has 0 spiro atoms. The molecule has 2 amide bonds. The van der Waals surface area contributed by atoms with Crippen LogP contribution in [0.3, 0.4) is 0 Å². The average Bonchev–Trinajstić information content (AvgIpc) is 3.71. The number of halogens is 3. The van der Waals surface area contributed by atoms with Gasteiger partial charge in [0.05, 0.1) is 23.8 Å². The molecule has 0 aromatic heterocycles. The topological polar surface area (TPSA) is 82.1 Å². The molecule has 10 heteroatoms. The third kappa shape index (κ3) is 6.66. The van der Waals surface area contributed by atoms with E-state index in [1.54, 1.807) is 30.0 Å². The quantitative estimate of drug-likeness (QED) is 0.526. The van der Waals surface area contributed by atoms with Crippen molar-refractivity contribution < 1.29 is 32.6 Å². The highest BCUT2D eigenvalue weighted by molar-refractivity contribution is 6.00. The van der Waals surface area contributed by atoms with Gasteiger partial charge in [0, 0.05) is 37.2 Å². The number of likely N-dealkylation sites (N-methyl/N-ethyl adjacent to an activating group) is 1. The smallest absolute Gasteiger partial charge is 0.416 e. The number of fused-ring (bicyclic) bond motifs is 1. The molecule has 1 heterocycles. The number of nitrogens with one attached hydrogen (secondary N) is 1. The number of alkyl halides is 3. The molecule has 0 radical (unpaired) electrons. The monoisotopic (exact) mass is 533 g/mol. The van der Waals surface area contributed by atoms with Crippen LogP contribution in [0, 0.1) is 11.8 Å². The Balaban J connectivity index is 1.54. The van der Waals surface area contributed by atoms with Crippen molar-refractivity contribution in [2.75, 3.05) is 32.1 Å². The van der Waals surface area contributed by atoms with E-state index in [-0.39, 0.29) is 36.4 Å². The van der Waals surface area contributed by atoms with Gasteiger partial charge in [0.1, 0.15) is 11.9 Å². The van der Waals surface area contributed by atoms with E-state index < -0.39 is 17.8 Å². The third-order valence-electron chi connectivity index (χ3n) is 7.11. The maximum absolute atomic E-state index is 13.5. The van der Waals surface area contributed by atoms with Gasteiger partial charge < -0.3 is 20.1 Å². The number of nitrogens with zero attached hydrogens (tertiary/aromatic N) is 2. The predicted molar refractivity (Wildman–Crippen MR) is 137 cm³/mol. The fourth-order valence-corrected chi connectivity index (χ4v) is 4.59. The molecule has 0 bridgehead atoms. The van der Waals surface area contributed by atoms with Crippen LogP contribution in [0.2, 0.25) is 0 Å². The largest absolute Gasteiger partial charge is 0.488 e. The predicted octanol–water partition coefficient (Wildman–Crippen LogP) is 4.41. The molecule has 3 atom stereocenters. The summed E-state index contributed by atoms with van der Waals surface area (Å²) in [5.74, 6) is -0.0617. The van der Waals surface area contributed by atoms with Crippen molar-refractivity contribution in [2.45, 2.75) is 51.6 Å². The van der Waals surface area contributed by atoms with Gasteiger partial charge >= 0.3 is 6.18 Å². The molecule has 1 aliphatic heterocycles. The van der Waals surface area contributed by atoms with Crippen LogP contribution in [-0.2, 0) is 17.5 Å². The molecular formula is C28H34F3N3O4. The molecule has 38 heavy (non-hydrogen) atoms. The van der Waals surface area contributed by atoms with Crippen molar-refractivity contribution in [3.8, 4) is 5.75 Å². The molecule has 2 aromatic rings. The second kappa shape index (κ2) is 11.3. The zero-order valence-electron chi connectivity index (χ0n) is 21.8. The highest BCUT2D eigenvalue weighted by Gasteiger charge is 2.35. The first-order valence-electron chi connectivity index (χ1n) is 12.8. The van der Waals surface area contributed by atoms with Crippen LogP contribution in [0.15, 0.2) is 42.5 Å². The lowest BCUT2D eigenvalue weighted by Gasteiger charge is -2.38. The minimum Gasteiger partial charge on any atom is -0.488 e. The number of anilines is 1. The van der Waals surface area contributed by atoms with Gasteiger partial charge in [0.15, 0.2) is 0 Å². The first-order chi connectivity index (χ1) is 18.0. The Kier molecular flexibility index (Phi) is 8.32. The molecule has 7 nitrogen and oxygen atoms in total. The Morgan fingerprint density at radius 1 is 1.21 bits per heavy atom. The van der Waals surface area contributed by atoms with E-state index >= 15 is 0 Å². The van der Waals surface area contributed by atoms with Crippen LogP contribution in [0.1, 0.15) is 48.2 Å². The Bertz CT molecular complexity index is 1150. The van der Waals surface area contributed by atoms with Gasteiger partial charge in [-0.1, -0.05) is 19.1 Å². The van der Waals surface area contributed by atoms with Gasteiger partial charge in [-0.3, -0.25) is 14.5 Å². The van der Waals surface area contributed by atoms with E-state index in [2.05, 4.69) is 5.32 Å². The molecule has 0 unspecified atom stereocenters. The lowest BCUT2D eigenvalue weighted by atomic mass is 9.99. The van der Waals surface area contributed by atoms with E-state index in [0.717, 1.165) is 30.5 Å².